The first-order chi connectivity index (χ1) is 16.6. The Morgan fingerprint density at radius 2 is 1.91 bits per heavy atom. The van der Waals surface area contributed by atoms with E-state index >= 15 is 0 Å². The lowest BCUT2D eigenvalue weighted by atomic mass is 10.0. The molecule has 0 saturated carbocycles. The average molecular weight is 533 g/mol. The Labute approximate surface area is 210 Å². The molecule has 7 nitrogen and oxygen atoms in total. The van der Waals surface area contributed by atoms with Crippen LogP contribution in [-0.4, -0.2) is 40.6 Å². The van der Waals surface area contributed by atoms with Gasteiger partial charge in [-0.2, -0.15) is 5.10 Å². The summed E-state index contributed by atoms with van der Waals surface area (Å²) in [6.45, 7) is 1.72. The van der Waals surface area contributed by atoms with Crippen molar-refractivity contribution in [3.05, 3.63) is 75.7 Å². The monoisotopic (exact) mass is 532 g/mol. The van der Waals surface area contributed by atoms with Crippen LogP contribution in [0.1, 0.15) is 28.5 Å². The van der Waals surface area contributed by atoms with Crippen molar-refractivity contribution < 1.29 is 17.6 Å². The molecule has 3 heterocycles. The Bertz CT molecular complexity index is 1600. The highest BCUT2D eigenvalue weighted by Crippen LogP contribution is 2.33. The second kappa shape index (κ2) is 8.89. The van der Waals surface area contributed by atoms with Gasteiger partial charge in [0.2, 0.25) is 0 Å². The van der Waals surface area contributed by atoms with Gasteiger partial charge in [-0.3, -0.25) is 4.79 Å². The number of nitrogens with one attached hydrogen (secondary N) is 1. The molecule has 0 radical (unpaired) electrons. The molecule has 5 rings (SSSR count). The van der Waals surface area contributed by atoms with Gasteiger partial charge in [0.1, 0.15) is 5.82 Å². The molecule has 0 spiro atoms. The van der Waals surface area contributed by atoms with Gasteiger partial charge in [0.15, 0.2) is 15.5 Å². The zero-order valence-electron chi connectivity index (χ0n) is 18.4. The second-order valence-electron chi connectivity index (χ2n) is 8.40. The highest BCUT2D eigenvalue weighted by molar-refractivity contribution is 7.91. The molecule has 1 unspecified atom stereocenters. The molecule has 1 amide bonds. The minimum atomic E-state index is -3.20. The van der Waals surface area contributed by atoms with Crippen LogP contribution in [0.2, 0.25) is 10.0 Å². The number of benzene rings is 2. The molecule has 1 fully saturated rings. The summed E-state index contributed by atoms with van der Waals surface area (Å²) in [7, 11) is -3.20. The number of fused-ring (bicyclic) bond motifs is 1. The molecule has 1 atom stereocenters. The number of aromatic nitrogens is 3. The van der Waals surface area contributed by atoms with E-state index in [0.29, 0.717) is 33.9 Å². The van der Waals surface area contributed by atoms with Crippen LogP contribution in [0.5, 0.6) is 0 Å². The standard InChI is InChI=1S/C24H19Cl2FN4O3S/c1-13-22-17(24(32)28-14-6-7-18(25)19(26)10-14)11-21(16-4-2-3-5-20(16)27)29-23(22)31(30-13)15-8-9-35(33,34)12-15/h2-7,10-11,15H,8-9,12H2,1H3,(H,28,32). The van der Waals surface area contributed by atoms with Crippen LogP contribution >= 0.6 is 23.2 Å². The Hall–Kier alpha value is -3.01. The van der Waals surface area contributed by atoms with Crippen molar-refractivity contribution in [2.45, 2.75) is 19.4 Å². The van der Waals surface area contributed by atoms with E-state index in [0.717, 1.165) is 0 Å². The lowest BCUT2D eigenvalue weighted by Crippen LogP contribution is -2.15. The third-order valence-corrected chi connectivity index (χ3v) is 8.45. The van der Waals surface area contributed by atoms with Gasteiger partial charge < -0.3 is 5.32 Å². The Morgan fingerprint density at radius 1 is 1.14 bits per heavy atom. The molecule has 11 heteroatoms. The summed E-state index contributed by atoms with van der Waals surface area (Å²) in [5.41, 5.74) is 1.93. The van der Waals surface area contributed by atoms with Crippen LogP contribution in [-0.2, 0) is 9.84 Å². The van der Waals surface area contributed by atoms with E-state index in [1.54, 1.807) is 41.9 Å². The van der Waals surface area contributed by atoms with Crippen LogP contribution in [0, 0.1) is 12.7 Å². The molecular formula is C24H19Cl2FN4O3S. The number of hydrogen-bond acceptors (Lipinski definition) is 5. The van der Waals surface area contributed by atoms with Crippen LogP contribution in [0.4, 0.5) is 10.1 Å². The van der Waals surface area contributed by atoms with Gasteiger partial charge in [-0.15, -0.1) is 0 Å². The van der Waals surface area contributed by atoms with Crippen LogP contribution in [0.15, 0.2) is 48.5 Å². The fourth-order valence-corrected chi connectivity index (χ4v) is 6.28. The summed E-state index contributed by atoms with van der Waals surface area (Å²) >= 11 is 12.1. The fourth-order valence-electron chi connectivity index (χ4n) is 4.29. The number of aryl methyl sites for hydroxylation is 1. The van der Waals surface area contributed by atoms with E-state index in [4.69, 9.17) is 23.2 Å². The van der Waals surface area contributed by atoms with E-state index in [-0.39, 0.29) is 33.3 Å². The van der Waals surface area contributed by atoms with Crippen molar-refractivity contribution in [2.24, 2.45) is 0 Å². The van der Waals surface area contributed by atoms with Crippen molar-refractivity contribution in [2.75, 3.05) is 16.8 Å². The Kier molecular flexibility index (Phi) is 6.03. The maximum Gasteiger partial charge on any atom is 0.256 e. The lowest BCUT2D eigenvalue weighted by Gasteiger charge is -2.13. The number of amides is 1. The van der Waals surface area contributed by atoms with Gasteiger partial charge in [0.05, 0.1) is 49.9 Å². The van der Waals surface area contributed by atoms with Crippen LogP contribution in [0.3, 0.4) is 0 Å². The molecule has 180 valence electrons. The van der Waals surface area contributed by atoms with E-state index in [1.807, 2.05) is 0 Å². The molecule has 1 N–H and O–H groups in total. The number of hydrogen-bond donors (Lipinski definition) is 1. The first-order valence-corrected chi connectivity index (χ1v) is 13.3. The third-order valence-electron chi connectivity index (χ3n) is 5.96. The number of carbonyl (C=O) groups excluding carboxylic acids is 1. The normalized spacial score (nSPS) is 17.1. The average Bonchev–Trinajstić information content (AvgIpc) is 3.34. The molecule has 0 bridgehead atoms. The first kappa shape index (κ1) is 23.7. The third kappa shape index (κ3) is 4.51. The largest absolute Gasteiger partial charge is 0.322 e. The summed E-state index contributed by atoms with van der Waals surface area (Å²) < 4.78 is 40.5. The minimum absolute atomic E-state index is 0.0513. The van der Waals surface area contributed by atoms with E-state index in [1.165, 1.54) is 18.2 Å². The molecule has 35 heavy (non-hydrogen) atoms. The summed E-state index contributed by atoms with van der Waals surface area (Å²) in [4.78, 5) is 18.1. The van der Waals surface area contributed by atoms with Gasteiger partial charge in [-0.1, -0.05) is 35.3 Å². The second-order valence-corrected chi connectivity index (χ2v) is 11.4. The van der Waals surface area contributed by atoms with Crippen LogP contribution in [0.25, 0.3) is 22.3 Å². The summed E-state index contributed by atoms with van der Waals surface area (Å²) in [6.07, 6.45) is 0.384. The van der Waals surface area contributed by atoms with Crippen molar-refractivity contribution >= 4 is 55.7 Å². The lowest BCUT2D eigenvalue weighted by molar-refractivity contribution is 0.102. The van der Waals surface area contributed by atoms with Gasteiger partial charge >= 0.3 is 0 Å². The van der Waals surface area contributed by atoms with Gasteiger partial charge in [0.25, 0.3) is 5.91 Å². The molecule has 0 aliphatic carbocycles. The maximum atomic E-state index is 14.7. The summed E-state index contributed by atoms with van der Waals surface area (Å²) in [5, 5.41) is 8.44. The topological polar surface area (TPSA) is 93.9 Å². The minimum Gasteiger partial charge on any atom is -0.322 e. The number of sulfone groups is 1. The van der Waals surface area contributed by atoms with Crippen molar-refractivity contribution in [3.63, 3.8) is 0 Å². The number of anilines is 1. The van der Waals surface area contributed by atoms with E-state index in [9.17, 15) is 17.6 Å². The maximum absolute atomic E-state index is 14.7. The Balaban J connectivity index is 1.69. The SMILES string of the molecule is Cc1nn(C2CCS(=O)(=O)C2)c2nc(-c3ccccc3F)cc(C(=O)Nc3ccc(Cl)c(Cl)c3)c12. The van der Waals surface area contributed by atoms with Crippen molar-refractivity contribution in [1.82, 2.24) is 14.8 Å². The predicted molar refractivity (Wildman–Crippen MR) is 134 cm³/mol. The molecule has 2 aromatic carbocycles. The predicted octanol–water partition coefficient (Wildman–Crippen LogP) is 5.46. The number of rotatable bonds is 4. The van der Waals surface area contributed by atoms with Crippen molar-refractivity contribution in [3.8, 4) is 11.3 Å². The number of pyridine rings is 1. The van der Waals surface area contributed by atoms with Gasteiger partial charge in [-0.05, 0) is 49.7 Å². The van der Waals surface area contributed by atoms with E-state index < -0.39 is 27.6 Å². The van der Waals surface area contributed by atoms with E-state index in [2.05, 4.69) is 15.4 Å². The highest BCUT2D eigenvalue weighted by Gasteiger charge is 2.32. The zero-order chi connectivity index (χ0) is 24.9. The van der Waals surface area contributed by atoms with Crippen molar-refractivity contribution in [1.29, 1.82) is 0 Å². The summed E-state index contributed by atoms with van der Waals surface area (Å²) in [6, 6.07) is 11.9. The van der Waals surface area contributed by atoms with Gasteiger partial charge in [0, 0.05) is 11.3 Å². The van der Waals surface area contributed by atoms with Gasteiger partial charge in [-0.25, -0.2) is 22.5 Å². The zero-order valence-corrected chi connectivity index (χ0v) is 20.8. The molecule has 4 aromatic rings. The molecular weight excluding hydrogens is 514 g/mol. The van der Waals surface area contributed by atoms with Crippen LogP contribution < -0.4 is 5.32 Å². The molecule has 2 aromatic heterocycles. The quantitative estimate of drug-likeness (QED) is 0.376. The number of halogens is 3. The smallest absolute Gasteiger partial charge is 0.256 e. The first-order valence-electron chi connectivity index (χ1n) is 10.7. The highest BCUT2D eigenvalue weighted by atomic mass is 35.5. The molecule has 1 saturated heterocycles. The molecule has 1 aliphatic heterocycles. The number of nitrogens with zero attached hydrogens (tertiary/aromatic N) is 3. The Morgan fingerprint density at radius 3 is 2.60 bits per heavy atom. The fraction of sp³-hybridized carbons (Fsp3) is 0.208. The molecule has 1 aliphatic rings. The summed E-state index contributed by atoms with van der Waals surface area (Å²) in [5.74, 6) is -0.994. The number of carbonyl (C=O) groups is 1.